The first-order valence-corrected chi connectivity index (χ1v) is 8.82. The molecule has 0 saturated heterocycles. The Morgan fingerprint density at radius 2 is 2.17 bits per heavy atom. The zero-order chi connectivity index (χ0) is 17.1. The Balaban J connectivity index is 1.75. The zero-order valence-electron chi connectivity index (χ0n) is 12.5. The molecule has 0 bridgehead atoms. The smallest absolute Gasteiger partial charge is 0.354 e. The van der Waals surface area contributed by atoms with Gasteiger partial charge < -0.3 is 9.72 Å². The van der Waals surface area contributed by atoms with Crippen LogP contribution in [-0.2, 0) is 4.74 Å². The molecule has 1 amide bonds. The quantitative estimate of drug-likeness (QED) is 0.465. The van der Waals surface area contributed by atoms with E-state index < -0.39 is 5.97 Å². The summed E-state index contributed by atoms with van der Waals surface area (Å²) < 4.78 is 5.64. The Bertz CT molecular complexity index is 903. The van der Waals surface area contributed by atoms with Gasteiger partial charge in [0.25, 0.3) is 5.91 Å². The van der Waals surface area contributed by atoms with Gasteiger partial charge in [-0.2, -0.15) is 0 Å². The van der Waals surface area contributed by atoms with E-state index in [1.807, 2.05) is 17.5 Å². The van der Waals surface area contributed by atoms with Gasteiger partial charge in [0.15, 0.2) is 5.13 Å². The van der Waals surface area contributed by atoms with Crippen LogP contribution < -0.4 is 5.32 Å². The SMILES string of the molecule is COC(=O)c1cc(-c2csc(NC(=O)c3cccc(I)c3)n2)c[nH]1. The van der Waals surface area contributed by atoms with Gasteiger partial charge >= 0.3 is 5.97 Å². The molecule has 3 aromatic rings. The first-order valence-electron chi connectivity index (χ1n) is 6.86. The highest BCUT2D eigenvalue weighted by Gasteiger charge is 2.13. The van der Waals surface area contributed by atoms with Crippen molar-refractivity contribution in [3.05, 3.63) is 56.7 Å². The van der Waals surface area contributed by atoms with Crippen molar-refractivity contribution in [3.63, 3.8) is 0 Å². The number of benzene rings is 1. The van der Waals surface area contributed by atoms with Gasteiger partial charge in [-0.1, -0.05) is 6.07 Å². The molecule has 2 aromatic heterocycles. The van der Waals surface area contributed by atoms with Gasteiger partial charge in [-0.05, 0) is 46.9 Å². The van der Waals surface area contributed by atoms with Gasteiger partial charge in [0, 0.05) is 26.3 Å². The number of amides is 1. The summed E-state index contributed by atoms with van der Waals surface area (Å²) in [4.78, 5) is 30.9. The minimum atomic E-state index is -0.441. The third kappa shape index (κ3) is 3.65. The number of rotatable bonds is 4. The maximum absolute atomic E-state index is 12.2. The Hall–Kier alpha value is -2.20. The minimum absolute atomic E-state index is 0.210. The van der Waals surface area contributed by atoms with Gasteiger partial charge in [0.2, 0.25) is 0 Å². The number of halogens is 1. The van der Waals surface area contributed by atoms with Crippen LogP contribution in [0.15, 0.2) is 41.9 Å². The summed E-state index contributed by atoms with van der Waals surface area (Å²) in [6.45, 7) is 0. The Morgan fingerprint density at radius 1 is 1.33 bits per heavy atom. The zero-order valence-corrected chi connectivity index (χ0v) is 15.5. The molecule has 8 heteroatoms. The number of ether oxygens (including phenoxy) is 1. The molecular formula is C16H12IN3O3S. The molecule has 2 heterocycles. The van der Waals surface area contributed by atoms with Crippen LogP contribution in [0.5, 0.6) is 0 Å². The molecule has 122 valence electrons. The Kier molecular flexibility index (Phi) is 4.95. The van der Waals surface area contributed by atoms with Crippen LogP contribution in [0.3, 0.4) is 0 Å². The van der Waals surface area contributed by atoms with E-state index in [0.29, 0.717) is 22.1 Å². The molecule has 0 saturated carbocycles. The van der Waals surface area contributed by atoms with Crippen molar-refractivity contribution in [2.45, 2.75) is 0 Å². The first-order chi connectivity index (χ1) is 11.6. The fourth-order valence-corrected chi connectivity index (χ4v) is 3.29. The molecule has 3 rings (SSSR count). The molecular weight excluding hydrogens is 441 g/mol. The van der Waals surface area contributed by atoms with Crippen LogP contribution in [0.25, 0.3) is 11.3 Å². The van der Waals surface area contributed by atoms with Crippen molar-refractivity contribution in [3.8, 4) is 11.3 Å². The summed E-state index contributed by atoms with van der Waals surface area (Å²) in [5, 5.41) is 5.09. The number of aromatic amines is 1. The van der Waals surface area contributed by atoms with E-state index in [0.717, 1.165) is 9.13 Å². The van der Waals surface area contributed by atoms with Crippen molar-refractivity contribution < 1.29 is 14.3 Å². The topological polar surface area (TPSA) is 84.1 Å². The number of carbonyl (C=O) groups excluding carboxylic acids is 2. The van der Waals surface area contributed by atoms with Crippen LogP contribution in [-0.4, -0.2) is 29.0 Å². The van der Waals surface area contributed by atoms with Gasteiger partial charge in [-0.3, -0.25) is 10.1 Å². The van der Waals surface area contributed by atoms with Crippen LogP contribution >= 0.6 is 33.9 Å². The summed E-state index contributed by atoms with van der Waals surface area (Å²) >= 11 is 3.48. The number of anilines is 1. The second kappa shape index (κ2) is 7.14. The summed E-state index contributed by atoms with van der Waals surface area (Å²) in [5.41, 5.74) is 2.35. The molecule has 0 spiro atoms. The maximum atomic E-state index is 12.2. The average molecular weight is 453 g/mol. The highest BCUT2D eigenvalue weighted by Crippen LogP contribution is 2.26. The standard InChI is InChI=1S/C16H12IN3O3S/c1-23-15(22)12-6-10(7-18-12)13-8-24-16(19-13)20-14(21)9-3-2-4-11(17)5-9/h2-8,18H,1H3,(H,19,20,21). The molecule has 6 nitrogen and oxygen atoms in total. The molecule has 0 unspecified atom stereocenters. The molecule has 0 aliphatic carbocycles. The van der Waals surface area contributed by atoms with E-state index in [1.165, 1.54) is 18.4 Å². The second-order valence-corrected chi connectivity index (χ2v) is 6.90. The third-order valence-electron chi connectivity index (χ3n) is 3.20. The number of carbonyl (C=O) groups is 2. The number of aromatic nitrogens is 2. The predicted octanol–water partition coefficient (Wildman–Crippen LogP) is 3.78. The van der Waals surface area contributed by atoms with Crippen molar-refractivity contribution >= 4 is 50.9 Å². The highest BCUT2D eigenvalue weighted by atomic mass is 127. The molecule has 0 atom stereocenters. The summed E-state index contributed by atoms with van der Waals surface area (Å²) in [7, 11) is 1.32. The van der Waals surface area contributed by atoms with Crippen LogP contribution in [0, 0.1) is 3.57 Å². The van der Waals surface area contributed by atoms with Crippen LogP contribution in [0.2, 0.25) is 0 Å². The van der Waals surface area contributed by atoms with Crippen molar-refractivity contribution in [2.75, 3.05) is 12.4 Å². The molecule has 0 fully saturated rings. The predicted molar refractivity (Wildman–Crippen MR) is 100 cm³/mol. The lowest BCUT2D eigenvalue weighted by Gasteiger charge is -2.01. The summed E-state index contributed by atoms with van der Waals surface area (Å²) in [5.74, 6) is -0.651. The van der Waals surface area contributed by atoms with Gasteiger partial charge in [0.05, 0.1) is 12.8 Å². The average Bonchev–Trinajstić information content (AvgIpc) is 3.23. The van der Waals surface area contributed by atoms with E-state index in [2.05, 4.69) is 42.6 Å². The summed E-state index contributed by atoms with van der Waals surface area (Å²) in [6.07, 6.45) is 1.67. The van der Waals surface area contributed by atoms with Gasteiger partial charge in [0.1, 0.15) is 5.69 Å². The van der Waals surface area contributed by atoms with E-state index in [4.69, 9.17) is 0 Å². The number of methoxy groups -OCH3 is 1. The molecule has 1 aromatic carbocycles. The van der Waals surface area contributed by atoms with Crippen LogP contribution in [0.1, 0.15) is 20.8 Å². The lowest BCUT2D eigenvalue weighted by molar-refractivity contribution is 0.0594. The number of nitrogens with one attached hydrogen (secondary N) is 2. The lowest BCUT2D eigenvalue weighted by atomic mass is 10.2. The van der Waals surface area contributed by atoms with E-state index >= 15 is 0 Å². The first kappa shape index (κ1) is 16.7. The normalized spacial score (nSPS) is 10.4. The van der Waals surface area contributed by atoms with Crippen molar-refractivity contribution in [1.29, 1.82) is 0 Å². The monoisotopic (exact) mass is 453 g/mol. The molecule has 0 aliphatic heterocycles. The van der Waals surface area contributed by atoms with Gasteiger partial charge in [-0.15, -0.1) is 11.3 Å². The van der Waals surface area contributed by atoms with E-state index in [9.17, 15) is 9.59 Å². The molecule has 2 N–H and O–H groups in total. The maximum Gasteiger partial charge on any atom is 0.354 e. The number of H-pyrrole nitrogens is 1. The van der Waals surface area contributed by atoms with Crippen LogP contribution in [0.4, 0.5) is 5.13 Å². The number of hydrogen-bond donors (Lipinski definition) is 2. The van der Waals surface area contributed by atoms with Crippen molar-refractivity contribution in [1.82, 2.24) is 9.97 Å². The highest BCUT2D eigenvalue weighted by molar-refractivity contribution is 14.1. The Labute approximate surface area is 155 Å². The Morgan fingerprint density at radius 3 is 2.92 bits per heavy atom. The molecule has 0 radical (unpaired) electrons. The number of nitrogens with zero attached hydrogens (tertiary/aromatic N) is 1. The second-order valence-electron chi connectivity index (χ2n) is 4.80. The molecule has 24 heavy (non-hydrogen) atoms. The van der Waals surface area contributed by atoms with E-state index in [-0.39, 0.29) is 5.91 Å². The fourth-order valence-electron chi connectivity index (χ4n) is 2.03. The van der Waals surface area contributed by atoms with Gasteiger partial charge in [-0.25, -0.2) is 9.78 Å². The largest absolute Gasteiger partial charge is 0.464 e. The fraction of sp³-hybridized carbons (Fsp3) is 0.0625. The lowest BCUT2D eigenvalue weighted by Crippen LogP contribution is -2.11. The molecule has 0 aliphatic rings. The van der Waals surface area contributed by atoms with E-state index in [1.54, 1.807) is 24.4 Å². The number of thiazole rings is 1. The minimum Gasteiger partial charge on any atom is -0.464 e. The number of hydrogen-bond acceptors (Lipinski definition) is 5. The third-order valence-corrected chi connectivity index (χ3v) is 4.62. The summed E-state index contributed by atoms with van der Waals surface area (Å²) in [6, 6.07) is 8.97. The number of esters is 1. The van der Waals surface area contributed by atoms with Crippen molar-refractivity contribution in [2.24, 2.45) is 0 Å².